The molecule has 0 saturated heterocycles. The first-order valence-electron chi connectivity index (χ1n) is 20.6. The van der Waals surface area contributed by atoms with Gasteiger partial charge in [0.05, 0.1) is 0 Å². The van der Waals surface area contributed by atoms with Gasteiger partial charge in [-0.3, -0.25) is 0 Å². The van der Waals surface area contributed by atoms with E-state index in [1.165, 1.54) is 113 Å². The molecule has 2 heterocycles. The Hall–Kier alpha value is -7.52. The minimum absolute atomic E-state index is 0.906. The first-order chi connectivity index (χ1) is 29.7. The van der Waals surface area contributed by atoms with E-state index in [-0.39, 0.29) is 0 Å². The maximum atomic E-state index is 6.62. The molecule has 11 aromatic carbocycles. The topological polar surface area (TPSA) is 13.1 Å². The van der Waals surface area contributed by atoms with Crippen molar-refractivity contribution in [1.82, 2.24) is 0 Å². The second kappa shape index (κ2) is 13.0. The number of rotatable bonds is 4. The lowest BCUT2D eigenvalue weighted by Crippen LogP contribution is -1.92. The highest BCUT2D eigenvalue weighted by Gasteiger charge is 2.21. The first-order valence-corrected chi connectivity index (χ1v) is 21.4. The Morgan fingerprint density at radius 3 is 1.77 bits per heavy atom. The third-order valence-corrected chi connectivity index (χ3v) is 13.8. The lowest BCUT2D eigenvalue weighted by atomic mass is 9.84. The Morgan fingerprint density at radius 1 is 0.283 bits per heavy atom. The molecule has 0 saturated carbocycles. The summed E-state index contributed by atoms with van der Waals surface area (Å²) in [5, 5.41) is 14.8. The third kappa shape index (κ3) is 5.05. The smallest absolute Gasteiger partial charge is 0.136 e. The molecule has 0 spiro atoms. The first kappa shape index (κ1) is 33.5. The maximum Gasteiger partial charge on any atom is 0.136 e. The van der Waals surface area contributed by atoms with Crippen molar-refractivity contribution in [3.05, 3.63) is 206 Å². The highest BCUT2D eigenvalue weighted by Crippen LogP contribution is 2.48. The minimum atomic E-state index is 0.906. The zero-order chi connectivity index (χ0) is 39.3. The number of thiophene rings is 1. The molecule has 0 amide bonds. The number of hydrogen-bond acceptors (Lipinski definition) is 2. The zero-order valence-corrected chi connectivity index (χ0v) is 33.3. The fourth-order valence-electron chi connectivity index (χ4n) is 9.91. The molecule has 13 rings (SSSR count). The van der Waals surface area contributed by atoms with Crippen LogP contribution in [0.3, 0.4) is 0 Å². The molecule has 60 heavy (non-hydrogen) atoms. The molecule has 278 valence electrons. The number of fused-ring (bicyclic) bond motifs is 11. The van der Waals surface area contributed by atoms with E-state index in [2.05, 4.69) is 206 Å². The largest absolute Gasteiger partial charge is 0.456 e. The van der Waals surface area contributed by atoms with Crippen LogP contribution < -0.4 is 0 Å². The Kier molecular flexibility index (Phi) is 7.24. The van der Waals surface area contributed by atoms with Gasteiger partial charge in [0.2, 0.25) is 0 Å². The molecular weight excluding hydrogens is 745 g/mol. The van der Waals surface area contributed by atoms with Crippen LogP contribution in [0.2, 0.25) is 0 Å². The fourth-order valence-corrected chi connectivity index (χ4v) is 11.0. The molecule has 2 heteroatoms. The van der Waals surface area contributed by atoms with Crippen LogP contribution >= 0.6 is 11.3 Å². The summed E-state index contributed by atoms with van der Waals surface area (Å²) in [6.07, 6.45) is 0. The summed E-state index contributed by atoms with van der Waals surface area (Å²) in [5.41, 5.74) is 11.5. The summed E-state index contributed by atoms with van der Waals surface area (Å²) in [5.74, 6) is 0. The normalized spacial score (nSPS) is 12.0. The van der Waals surface area contributed by atoms with Crippen molar-refractivity contribution in [1.29, 1.82) is 0 Å². The van der Waals surface area contributed by atoms with Crippen LogP contribution in [0.15, 0.2) is 211 Å². The highest BCUT2D eigenvalue weighted by atomic mass is 32.1. The molecule has 1 nitrogen and oxygen atoms in total. The fraction of sp³-hybridized carbons (Fsp3) is 0. The molecule has 0 aliphatic heterocycles. The van der Waals surface area contributed by atoms with Crippen LogP contribution in [0.1, 0.15) is 0 Å². The molecule has 0 aliphatic carbocycles. The Balaban J connectivity index is 1.11. The average Bonchev–Trinajstić information content (AvgIpc) is 3.88. The molecule has 0 fully saturated rings. The molecule has 2 aromatic heterocycles. The van der Waals surface area contributed by atoms with Gasteiger partial charge in [0.1, 0.15) is 11.2 Å². The Bertz CT molecular complexity index is 3890. The molecule has 0 N–H and O–H groups in total. The molecule has 0 radical (unpaired) electrons. The van der Waals surface area contributed by atoms with Crippen molar-refractivity contribution in [3.63, 3.8) is 0 Å². The molecule has 0 aliphatic rings. The van der Waals surface area contributed by atoms with E-state index in [1.807, 2.05) is 11.3 Å². The quantitative estimate of drug-likeness (QED) is 0.162. The summed E-state index contributed by atoms with van der Waals surface area (Å²) in [4.78, 5) is 0. The van der Waals surface area contributed by atoms with Crippen molar-refractivity contribution in [3.8, 4) is 44.5 Å². The second-order valence-electron chi connectivity index (χ2n) is 15.9. The van der Waals surface area contributed by atoms with Gasteiger partial charge in [0.25, 0.3) is 0 Å². The standard InChI is InChI=1S/C58H34OS/c1-2-13-37-31-39(24-23-35(37)11-1)38-15-9-16-41(32-38)55-45-18-5-6-19-46(45)56(49-33-40(25-27-47(49)55)44-21-10-14-36-12-3-4-17-43(36)44)42-26-28-51-50(34-42)57-52(59-51)29-30-54-58(57)48-20-7-8-22-53(48)60-54/h1-34H. The van der Waals surface area contributed by atoms with Gasteiger partial charge in [-0.15, -0.1) is 11.3 Å². The van der Waals surface area contributed by atoms with Crippen molar-refractivity contribution >= 4 is 96.5 Å². The van der Waals surface area contributed by atoms with Gasteiger partial charge < -0.3 is 4.42 Å². The van der Waals surface area contributed by atoms with Gasteiger partial charge in [0, 0.05) is 30.9 Å². The van der Waals surface area contributed by atoms with Crippen molar-refractivity contribution in [2.24, 2.45) is 0 Å². The molecule has 0 atom stereocenters. The van der Waals surface area contributed by atoms with Crippen LogP contribution in [-0.4, -0.2) is 0 Å². The van der Waals surface area contributed by atoms with Gasteiger partial charge in [-0.1, -0.05) is 158 Å². The van der Waals surface area contributed by atoms with Gasteiger partial charge in [-0.05, 0) is 136 Å². The highest BCUT2D eigenvalue weighted by molar-refractivity contribution is 7.26. The lowest BCUT2D eigenvalue weighted by molar-refractivity contribution is 0.669. The van der Waals surface area contributed by atoms with E-state index in [4.69, 9.17) is 4.42 Å². The van der Waals surface area contributed by atoms with Gasteiger partial charge in [0.15, 0.2) is 0 Å². The number of furan rings is 1. The molecule has 0 bridgehead atoms. The third-order valence-electron chi connectivity index (χ3n) is 12.6. The minimum Gasteiger partial charge on any atom is -0.456 e. The van der Waals surface area contributed by atoms with E-state index < -0.39 is 0 Å². The summed E-state index contributed by atoms with van der Waals surface area (Å²) >= 11 is 1.85. The summed E-state index contributed by atoms with van der Waals surface area (Å²) in [6, 6.07) is 76.0. The predicted molar refractivity (Wildman–Crippen MR) is 258 cm³/mol. The number of benzene rings is 11. The van der Waals surface area contributed by atoms with E-state index >= 15 is 0 Å². The molecular formula is C58H34OS. The van der Waals surface area contributed by atoms with E-state index in [0.717, 1.165) is 16.6 Å². The number of hydrogen-bond donors (Lipinski definition) is 0. The summed E-state index contributed by atoms with van der Waals surface area (Å²) < 4.78 is 9.19. The average molecular weight is 779 g/mol. The van der Waals surface area contributed by atoms with Crippen molar-refractivity contribution in [2.75, 3.05) is 0 Å². The monoisotopic (exact) mass is 778 g/mol. The van der Waals surface area contributed by atoms with Crippen LogP contribution in [0, 0.1) is 0 Å². The summed E-state index contributed by atoms with van der Waals surface area (Å²) in [7, 11) is 0. The van der Waals surface area contributed by atoms with Crippen LogP contribution in [0.5, 0.6) is 0 Å². The van der Waals surface area contributed by atoms with Crippen LogP contribution in [0.25, 0.3) is 130 Å². The van der Waals surface area contributed by atoms with Crippen molar-refractivity contribution in [2.45, 2.75) is 0 Å². The zero-order valence-electron chi connectivity index (χ0n) is 32.4. The SMILES string of the molecule is c1cc(-c2ccc3ccccc3c2)cc(-c2c3ccccc3c(-c3ccc4oc5ccc6sc7ccccc7c6c5c4c3)c3cc(-c4cccc5ccccc45)ccc23)c1. The lowest BCUT2D eigenvalue weighted by Gasteiger charge is -2.19. The van der Waals surface area contributed by atoms with Crippen molar-refractivity contribution < 1.29 is 4.42 Å². The van der Waals surface area contributed by atoms with Gasteiger partial charge >= 0.3 is 0 Å². The van der Waals surface area contributed by atoms with Crippen LogP contribution in [-0.2, 0) is 0 Å². The Labute approximate surface area is 350 Å². The Morgan fingerprint density at radius 2 is 0.883 bits per heavy atom. The van der Waals surface area contributed by atoms with Gasteiger partial charge in [-0.2, -0.15) is 0 Å². The van der Waals surface area contributed by atoms with Crippen LogP contribution in [0.4, 0.5) is 0 Å². The van der Waals surface area contributed by atoms with E-state index in [0.29, 0.717) is 0 Å². The molecule has 0 unspecified atom stereocenters. The van der Waals surface area contributed by atoms with Gasteiger partial charge in [-0.25, -0.2) is 0 Å². The predicted octanol–water partition coefficient (Wildman–Crippen LogP) is 17.2. The van der Waals surface area contributed by atoms with E-state index in [9.17, 15) is 0 Å². The van der Waals surface area contributed by atoms with E-state index in [1.54, 1.807) is 0 Å². The molecule has 13 aromatic rings. The maximum absolute atomic E-state index is 6.62. The second-order valence-corrected chi connectivity index (χ2v) is 17.0. The summed E-state index contributed by atoms with van der Waals surface area (Å²) in [6.45, 7) is 0.